The first kappa shape index (κ1) is 22.1. The number of amides is 2. The highest BCUT2D eigenvalue weighted by molar-refractivity contribution is 7.80. The zero-order chi connectivity index (χ0) is 22.0. The van der Waals surface area contributed by atoms with E-state index in [1.165, 1.54) is 18.1 Å². The molecule has 0 radical (unpaired) electrons. The summed E-state index contributed by atoms with van der Waals surface area (Å²) in [5.74, 6) is -0.325. The van der Waals surface area contributed by atoms with Crippen molar-refractivity contribution in [3.8, 4) is 11.5 Å². The van der Waals surface area contributed by atoms with Gasteiger partial charge in [0.15, 0.2) is 16.6 Å². The Morgan fingerprint density at radius 1 is 1.13 bits per heavy atom. The highest BCUT2D eigenvalue weighted by Gasteiger charge is 2.34. The van der Waals surface area contributed by atoms with Gasteiger partial charge in [-0.05, 0) is 61.5 Å². The Kier molecular flexibility index (Phi) is 6.65. The average molecular weight is 465 g/mol. The first-order valence-corrected chi connectivity index (χ1v) is 10.1. The lowest BCUT2D eigenvalue weighted by Gasteiger charge is -2.29. The van der Waals surface area contributed by atoms with Gasteiger partial charge in [0.1, 0.15) is 5.57 Å². The first-order valence-electron chi connectivity index (χ1n) is 8.94. The molecular formula is C21H18Cl2N2O4S. The van der Waals surface area contributed by atoms with Crippen LogP contribution in [0.3, 0.4) is 0 Å². The van der Waals surface area contributed by atoms with Crippen LogP contribution < -0.4 is 19.7 Å². The maximum atomic E-state index is 13.1. The number of carbonyl (C=O) groups excluding carboxylic acids is 2. The average Bonchev–Trinajstić information content (AvgIpc) is 2.69. The van der Waals surface area contributed by atoms with Crippen molar-refractivity contribution in [3.05, 3.63) is 57.1 Å². The fourth-order valence-corrected chi connectivity index (χ4v) is 3.52. The molecule has 2 amide bonds. The van der Waals surface area contributed by atoms with Crippen molar-refractivity contribution in [1.82, 2.24) is 5.32 Å². The molecule has 0 bridgehead atoms. The quantitative estimate of drug-likeness (QED) is 0.399. The molecule has 0 unspecified atom stereocenters. The third-order valence-corrected chi connectivity index (χ3v) is 5.42. The van der Waals surface area contributed by atoms with Gasteiger partial charge in [-0.15, -0.1) is 0 Å². The minimum absolute atomic E-state index is 0.0301. The molecule has 6 nitrogen and oxygen atoms in total. The second-order valence-electron chi connectivity index (χ2n) is 6.35. The van der Waals surface area contributed by atoms with Crippen LogP contribution >= 0.6 is 35.4 Å². The Bertz CT molecular complexity index is 1080. The van der Waals surface area contributed by atoms with Crippen LogP contribution in [0.2, 0.25) is 10.0 Å². The number of hydrogen-bond acceptors (Lipinski definition) is 5. The number of nitrogens with one attached hydrogen (secondary N) is 1. The molecule has 1 N–H and O–H groups in total. The molecule has 0 aromatic heterocycles. The number of aryl methyl sites for hydroxylation is 1. The van der Waals surface area contributed by atoms with Gasteiger partial charge < -0.3 is 9.47 Å². The molecule has 0 spiro atoms. The summed E-state index contributed by atoms with van der Waals surface area (Å²) in [7, 11) is 1.49. The zero-order valence-electron chi connectivity index (χ0n) is 16.4. The third kappa shape index (κ3) is 4.28. The Morgan fingerprint density at radius 3 is 2.50 bits per heavy atom. The highest BCUT2D eigenvalue weighted by Crippen LogP contribution is 2.35. The van der Waals surface area contributed by atoms with Crippen LogP contribution in [0.4, 0.5) is 5.69 Å². The van der Waals surface area contributed by atoms with Gasteiger partial charge in [-0.2, -0.15) is 0 Å². The van der Waals surface area contributed by atoms with Gasteiger partial charge >= 0.3 is 0 Å². The molecule has 3 rings (SSSR count). The Balaban J connectivity index is 2.05. The number of ether oxygens (including phenoxy) is 2. The number of hydrogen-bond donors (Lipinski definition) is 1. The molecule has 2 aromatic carbocycles. The van der Waals surface area contributed by atoms with E-state index in [1.807, 2.05) is 13.8 Å². The standard InChI is InChI=1S/C21H18Cl2N2O4S/c1-4-29-18-10-16(23)12(8-17(18)28-3)7-14-19(26)24-21(30)25(20(14)27)13-6-5-11(2)15(22)9-13/h5-10H,4H2,1-3H3,(H,24,26,30)/b14-7+. The Morgan fingerprint density at radius 2 is 1.87 bits per heavy atom. The van der Waals surface area contributed by atoms with Crippen LogP contribution in [0.1, 0.15) is 18.1 Å². The van der Waals surface area contributed by atoms with E-state index < -0.39 is 11.8 Å². The van der Waals surface area contributed by atoms with Gasteiger partial charge in [0.2, 0.25) is 0 Å². The summed E-state index contributed by atoms with van der Waals surface area (Å²) in [6.07, 6.45) is 1.39. The number of benzene rings is 2. The summed E-state index contributed by atoms with van der Waals surface area (Å²) >= 11 is 17.7. The van der Waals surface area contributed by atoms with Crippen molar-refractivity contribution in [2.24, 2.45) is 0 Å². The molecule has 1 aliphatic heterocycles. The number of anilines is 1. The van der Waals surface area contributed by atoms with E-state index in [1.54, 1.807) is 30.3 Å². The third-order valence-electron chi connectivity index (χ3n) is 4.40. The maximum Gasteiger partial charge on any atom is 0.270 e. The summed E-state index contributed by atoms with van der Waals surface area (Å²) in [4.78, 5) is 26.9. The lowest BCUT2D eigenvalue weighted by molar-refractivity contribution is -0.122. The predicted molar refractivity (Wildman–Crippen MR) is 122 cm³/mol. The van der Waals surface area contributed by atoms with E-state index in [0.717, 1.165) is 5.56 Å². The molecule has 9 heteroatoms. The number of nitrogens with zero attached hydrogens (tertiary/aromatic N) is 1. The van der Waals surface area contributed by atoms with Gasteiger partial charge in [-0.1, -0.05) is 29.3 Å². The Labute approximate surface area is 189 Å². The molecule has 0 atom stereocenters. The maximum absolute atomic E-state index is 13.1. The SMILES string of the molecule is CCOc1cc(Cl)c(/C=C2\C(=O)NC(=S)N(c3ccc(C)c(Cl)c3)C2=O)cc1OC. The van der Waals surface area contributed by atoms with E-state index >= 15 is 0 Å². The fraction of sp³-hybridized carbons (Fsp3) is 0.190. The molecule has 0 saturated carbocycles. The number of rotatable bonds is 5. The number of halogens is 2. The van der Waals surface area contributed by atoms with Crippen molar-refractivity contribution in [2.45, 2.75) is 13.8 Å². The van der Waals surface area contributed by atoms with Crippen molar-refractivity contribution in [3.63, 3.8) is 0 Å². The summed E-state index contributed by atoms with van der Waals surface area (Å²) in [5, 5.41) is 3.27. The molecule has 30 heavy (non-hydrogen) atoms. The Hall–Kier alpha value is -2.61. The van der Waals surface area contributed by atoms with E-state index in [2.05, 4.69) is 5.32 Å². The molecule has 1 aliphatic rings. The lowest BCUT2D eigenvalue weighted by atomic mass is 10.1. The summed E-state index contributed by atoms with van der Waals surface area (Å²) < 4.78 is 10.8. The van der Waals surface area contributed by atoms with Gasteiger partial charge in [-0.3, -0.25) is 19.8 Å². The molecular weight excluding hydrogens is 447 g/mol. The predicted octanol–water partition coefficient (Wildman–Crippen LogP) is 4.54. The number of carbonyl (C=O) groups is 2. The lowest BCUT2D eigenvalue weighted by Crippen LogP contribution is -2.54. The monoisotopic (exact) mass is 464 g/mol. The number of methoxy groups -OCH3 is 1. The molecule has 1 heterocycles. The molecule has 0 aliphatic carbocycles. The van der Waals surface area contributed by atoms with Crippen LogP contribution in [0.5, 0.6) is 11.5 Å². The normalized spacial score (nSPS) is 15.4. The van der Waals surface area contributed by atoms with Crippen LogP contribution in [0, 0.1) is 6.92 Å². The van der Waals surface area contributed by atoms with Crippen molar-refractivity contribution in [1.29, 1.82) is 0 Å². The van der Waals surface area contributed by atoms with Gasteiger partial charge in [0.05, 0.1) is 24.4 Å². The van der Waals surface area contributed by atoms with E-state index in [4.69, 9.17) is 44.9 Å². The van der Waals surface area contributed by atoms with Crippen molar-refractivity contribution >= 4 is 64.1 Å². The summed E-state index contributed by atoms with van der Waals surface area (Å²) in [6, 6.07) is 8.25. The van der Waals surface area contributed by atoms with E-state index in [0.29, 0.717) is 39.4 Å². The van der Waals surface area contributed by atoms with Crippen LogP contribution in [-0.2, 0) is 9.59 Å². The summed E-state index contributed by atoms with van der Waals surface area (Å²) in [5.41, 5.74) is 1.59. The second kappa shape index (κ2) is 9.04. The van der Waals surface area contributed by atoms with Crippen LogP contribution in [0.25, 0.3) is 6.08 Å². The largest absolute Gasteiger partial charge is 0.493 e. The molecule has 1 saturated heterocycles. The van der Waals surface area contributed by atoms with Crippen LogP contribution in [0.15, 0.2) is 35.9 Å². The summed E-state index contributed by atoms with van der Waals surface area (Å²) in [6.45, 7) is 4.11. The fourth-order valence-electron chi connectivity index (χ4n) is 2.86. The molecule has 1 fully saturated rings. The van der Waals surface area contributed by atoms with Gasteiger partial charge in [0, 0.05) is 11.1 Å². The zero-order valence-corrected chi connectivity index (χ0v) is 18.7. The smallest absolute Gasteiger partial charge is 0.270 e. The highest BCUT2D eigenvalue weighted by atomic mass is 35.5. The first-order chi connectivity index (χ1) is 14.3. The topological polar surface area (TPSA) is 67.9 Å². The minimum atomic E-state index is -0.622. The van der Waals surface area contributed by atoms with E-state index in [-0.39, 0.29) is 10.7 Å². The number of thiocarbonyl (C=S) groups is 1. The second-order valence-corrected chi connectivity index (χ2v) is 7.55. The minimum Gasteiger partial charge on any atom is -0.493 e. The van der Waals surface area contributed by atoms with Crippen LogP contribution in [-0.4, -0.2) is 30.6 Å². The van der Waals surface area contributed by atoms with Crippen molar-refractivity contribution in [2.75, 3.05) is 18.6 Å². The molecule has 2 aromatic rings. The molecule has 156 valence electrons. The van der Waals surface area contributed by atoms with Crippen molar-refractivity contribution < 1.29 is 19.1 Å². The van der Waals surface area contributed by atoms with Gasteiger partial charge in [0.25, 0.3) is 11.8 Å². The van der Waals surface area contributed by atoms with E-state index in [9.17, 15) is 9.59 Å². The van der Waals surface area contributed by atoms with Gasteiger partial charge in [-0.25, -0.2) is 0 Å².